The molecule has 3 aromatic rings. The topological polar surface area (TPSA) is 101 Å². The Hall–Kier alpha value is -3.36. The molecule has 0 aromatic heterocycles. The standard InChI is InChI=1S/C26H24ClN3O4S/c1-15-10-16(2)12-17(11-15)29-35(33,34)19-7-9-25-22(14-19)20-4-3-5-21(20)26(28-25)23-13-18(30(31)32)6-8-24(23)27/h3-4,6-14,20-21,26,28-29H,5H2,1-2H3/t20-,21+,26-/m0/s1. The predicted octanol–water partition coefficient (Wildman–Crippen LogP) is 6.49. The van der Waals surface area contributed by atoms with Crippen molar-refractivity contribution >= 4 is 38.7 Å². The Morgan fingerprint density at radius 3 is 2.49 bits per heavy atom. The van der Waals surface area contributed by atoms with Gasteiger partial charge in [0.15, 0.2) is 0 Å². The van der Waals surface area contributed by atoms with Gasteiger partial charge in [0.2, 0.25) is 0 Å². The SMILES string of the molecule is Cc1cc(C)cc(NS(=O)(=O)c2ccc3c(c2)[C@H]2C=CC[C@H]2[C@@H](c2cc([N+](=O)[O-])ccc2Cl)N3)c1. The van der Waals surface area contributed by atoms with E-state index in [4.69, 9.17) is 11.6 Å². The highest BCUT2D eigenvalue weighted by molar-refractivity contribution is 7.92. The third-order valence-electron chi connectivity index (χ3n) is 6.64. The second kappa shape index (κ2) is 8.70. The fraction of sp³-hybridized carbons (Fsp3) is 0.231. The average molecular weight is 510 g/mol. The molecule has 5 rings (SSSR count). The van der Waals surface area contributed by atoms with Crippen molar-refractivity contribution in [3.8, 4) is 0 Å². The molecule has 0 amide bonds. The minimum atomic E-state index is -3.79. The zero-order valence-electron chi connectivity index (χ0n) is 19.2. The molecule has 0 unspecified atom stereocenters. The monoisotopic (exact) mass is 509 g/mol. The molecular formula is C26H24ClN3O4S. The van der Waals surface area contributed by atoms with Gasteiger partial charge in [0.1, 0.15) is 0 Å². The number of rotatable bonds is 5. The van der Waals surface area contributed by atoms with Crippen LogP contribution in [0.25, 0.3) is 0 Å². The number of hydrogen-bond donors (Lipinski definition) is 2. The molecule has 0 saturated carbocycles. The van der Waals surface area contributed by atoms with Crippen LogP contribution in [-0.4, -0.2) is 13.3 Å². The van der Waals surface area contributed by atoms with Gasteiger partial charge < -0.3 is 5.32 Å². The Labute approximate surface area is 209 Å². The minimum absolute atomic E-state index is 0.0154. The van der Waals surface area contributed by atoms with Gasteiger partial charge in [-0.1, -0.05) is 29.8 Å². The Balaban J connectivity index is 1.51. The summed E-state index contributed by atoms with van der Waals surface area (Å²) in [5.41, 5.74) is 4.79. The number of anilines is 2. The maximum Gasteiger partial charge on any atom is 0.269 e. The van der Waals surface area contributed by atoms with Crippen LogP contribution in [0.2, 0.25) is 5.02 Å². The van der Waals surface area contributed by atoms with Crippen molar-refractivity contribution in [1.29, 1.82) is 0 Å². The molecule has 35 heavy (non-hydrogen) atoms. The van der Waals surface area contributed by atoms with E-state index in [0.29, 0.717) is 16.3 Å². The van der Waals surface area contributed by atoms with Gasteiger partial charge in [0, 0.05) is 40.0 Å². The first-order chi connectivity index (χ1) is 16.6. The molecule has 2 N–H and O–H groups in total. The molecule has 0 bridgehead atoms. The molecule has 0 radical (unpaired) electrons. The molecule has 1 heterocycles. The predicted molar refractivity (Wildman–Crippen MR) is 138 cm³/mol. The molecule has 180 valence electrons. The maximum atomic E-state index is 13.2. The zero-order valence-corrected chi connectivity index (χ0v) is 20.7. The van der Waals surface area contributed by atoms with Crippen molar-refractivity contribution in [3.05, 3.63) is 104 Å². The summed E-state index contributed by atoms with van der Waals surface area (Å²) < 4.78 is 29.1. The molecule has 7 nitrogen and oxygen atoms in total. The van der Waals surface area contributed by atoms with Crippen LogP contribution in [0.5, 0.6) is 0 Å². The fourth-order valence-corrected chi connectivity index (χ4v) is 6.49. The number of nitrogens with one attached hydrogen (secondary N) is 2. The van der Waals surface area contributed by atoms with Gasteiger partial charge in [-0.15, -0.1) is 0 Å². The minimum Gasteiger partial charge on any atom is -0.378 e. The van der Waals surface area contributed by atoms with E-state index in [1.165, 1.54) is 12.1 Å². The van der Waals surface area contributed by atoms with E-state index in [1.54, 1.807) is 36.4 Å². The summed E-state index contributed by atoms with van der Waals surface area (Å²) in [6.07, 6.45) is 4.90. The van der Waals surface area contributed by atoms with Crippen molar-refractivity contribution in [2.24, 2.45) is 5.92 Å². The van der Waals surface area contributed by atoms with Crippen molar-refractivity contribution in [2.45, 2.75) is 37.1 Å². The lowest BCUT2D eigenvalue weighted by molar-refractivity contribution is -0.384. The summed E-state index contributed by atoms with van der Waals surface area (Å²) in [4.78, 5) is 11.1. The van der Waals surface area contributed by atoms with Crippen LogP contribution in [0.15, 0.2) is 71.6 Å². The Bertz CT molecular complexity index is 1470. The highest BCUT2D eigenvalue weighted by Gasteiger charge is 2.39. The number of nitro groups is 1. The summed E-state index contributed by atoms with van der Waals surface area (Å²) in [5, 5.41) is 15.3. The van der Waals surface area contributed by atoms with E-state index in [2.05, 4.69) is 22.2 Å². The molecule has 3 aromatic carbocycles. The van der Waals surface area contributed by atoms with E-state index in [9.17, 15) is 18.5 Å². The number of hydrogen-bond acceptors (Lipinski definition) is 5. The Morgan fingerprint density at radius 2 is 1.77 bits per heavy atom. The largest absolute Gasteiger partial charge is 0.378 e. The van der Waals surface area contributed by atoms with Gasteiger partial charge in [0.05, 0.1) is 15.9 Å². The number of benzene rings is 3. The van der Waals surface area contributed by atoms with Crippen LogP contribution < -0.4 is 10.0 Å². The van der Waals surface area contributed by atoms with E-state index >= 15 is 0 Å². The van der Waals surface area contributed by atoms with Crippen molar-refractivity contribution in [2.75, 3.05) is 10.0 Å². The van der Waals surface area contributed by atoms with E-state index in [1.807, 2.05) is 19.9 Å². The number of non-ortho nitro benzene ring substituents is 1. The Morgan fingerprint density at radius 1 is 1.03 bits per heavy atom. The van der Waals surface area contributed by atoms with Crippen LogP contribution in [0.1, 0.15) is 40.6 Å². The first kappa shape index (κ1) is 23.4. The maximum absolute atomic E-state index is 13.2. The summed E-state index contributed by atoms with van der Waals surface area (Å²) in [6.45, 7) is 3.85. The second-order valence-electron chi connectivity index (χ2n) is 9.17. The van der Waals surface area contributed by atoms with Crippen molar-refractivity contribution in [1.82, 2.24) is 0 Å². The zero-order chi connectivity index (χ0) is 24.9. The molecule has 1 aliphatic heterocycles. The molecule has 2 aliphatic rings. The van der Waals surface area contributed by atoms with Gasteiger partial charge in [0.25, 0.3) is 15.7 Å². The number of aryl methyl sites for hydroxylation is 2. The van der Waals surface area contributed by atoms with E-state index in [-0.39, 0.29) is 28.5 Å². The van der Waals surface area contributed by atoms with Gasteiger partial charge in [-0.3, -0.25) is 14.8 Å². The molecule has 3 atom stereocenters. The number of halogens is 1. The van der Waals surface area contributed by atoms with Crippen LogP contribution >= 0.6 is 11.6 Å². The number of allylic oxidation sites excluding steroid dienone is 2. The molecule has 1 aliphatic carbocycles. The third kappa shape index (κ3) is 4.39. The van der Waals surface area contributed by atoms with Crippen LogP contribution in [-0.2, 0) is 10.0 Å². The normalized spacial score (nSPS) is 20.6. The smallest absolute Gasteiger partial charge is 0.269 e. The summed E-state index contributed by atoms with van der Waals surface area (Å²) >= 11 is 6.47. The van der Waals surface area contributed by atoms with Crippen LogP contribution in [0, 0.1) is 29.9 Å². The number of nitrogens with zero attached hydrogens (tertiary/aromatic N) is 1. The van der Waals surface area contributed by atoms with Crippen molar-refractivity contribution in [3.63, 3.8) is 0 Å². The Kier molecular flexibility index (Phi) is 5.81. The molecule has 0 spiro atoms. The van der Waals surface area contributed by atoms with Gasteiger partial charge >= 0.3 is 0 Å². The van der Waals surface area contributed by atoms with E-state index < -0.39 is 14.9 Å². The lowest BCUT2D eigenvalue weighted by Crippen LogP contribution is -2.29. The highest BCUT2D eigenvalue weighted by atomic mass is 35.5. The number of nitro benzene ring substituents is 1. The quantitative estimate of drug-likeness (QED) is 0.232. The number of fused-ring (bicyclic) bond motifs is 3. The number of sulfonamides is 1. The lowest BCUT2D eigenvalue weighted by atomic mass is 9.77. The summed E-state index contributed by atoms with van der Waals surface area (Å²) in [6, 6.07) is 14.9. The first-order valence-corrected chi connectivity index (χ1v) is 13.1. The molecular weight excluding hydrogens is 486 g/mol. The second-order valence-corrected chi connectivity index (χ2v) is 11.3. The fourth-order valence-electron chi connectivity index (χ4n) is 5.18. The molecule has 0 fully saturated rings. The van der Waals surface area contributed by atoms with E-state index in [0.717, 1.165) is 28.8 Å². The molecule has 0 saturated heterocycles. The highest BCUT2D eigenvalue weighted by Crippen LogP contribution is 2.51. The summed E-state index contributed by atoms with van der Waals surface area (Å²) in [5.74, 6) is 0.00952. The molecule has 9 heteroatoms. The van der Waals surface area contributed by atoms with Crippen LogP contribution in [0.4, 0.5) is 17.1 Å². The van der Waals surface area contributed by atoms with Gasteiger partial charge in [-0.05, 0) is 79.3 Å². The third-order valence-corrected chi connectivity index (χ3v) is 8.37. The average Bonchev–Trinajstić information content (AvgIpc) is 3.28. The van der Waals surface area contributed by atoms with Crippen molar-refractivity contribution < 1.29 is 13.3 Å². The van der Waals surface area contributed by atoms with Crippen LogP contribution in [0.3, 0.4) is 0 Å². The van der Waals surface area contributed by atoms with Gasteiger partial charge in [-0.25, -0.2) is 8.42 Å². The summed E-state index contributed by atoms with van der Waals surface area (Å²) in [7, 11) is -3.79. The first-order valence-electron chi connectivity index (χ1n) is 11.2. The lowest BCUT2D eigenvalue weighted by Gasteiger charge is -2.38. The van der Waals surface area contributed by atoms with Gasteiger partial charge in [-0.2, -0.15) is 0 Å².